The summed E-state index contributed by atoms with van der Waals surface area (Å²) in [6.07, 6.45) is 3.83. The van der Waals surface area contributed by atoms with Crippen LogP contribution in [0.5, 0.6) is 5.75 Å². The van der Waals surface area contributed by atoms with Gasteiger partial charge in [0.25, 0.3) is 5.91 Å². The highest BCUT2D eigenvalue weighted by atomic mass is 16.5. The van der Waals surface area contributed by atoms with Gasteiger partial charge in [0.1, 0.15) is 23.9 Å². The molecule has 13 nitrogen and oxygen atoms in total. The Balaban J connectivity index is 1.38. The second-order valence-corrected chi connectivity index (χ2v) is 17.0. The third-order valence-electron chi connectivity index (χ3n) is 12.1. The van der Waals surface area contributed by atoms with Crippen LogP contribution in [0.1, 0.15) is 83.7 Å². The molecule has 13 heteroatoms. The number of benzene rings is 2. The number of carbonyl (C=O) groups is 4. The normalized spacial score (nSPS) is 23.0. The summed E-state index contributed by atoms with van der Waals surface area (Å²) in [4.78, 5) is 61.1. The zero-order valence-corrected chi connectivity index (χ0v) is 34.6. The molecule has 308 valence electrons. The lowest BCUT2D eigenvalue weighted by Gasteiger charge is -2.36. The number of fused-ring (bicyclic) bond motifs is 6. The quantitative estimate of drug-likeness (QED) is 0.209. The number of hydrogen-bond acceptors (Lipinski definition) is 9. The summed E-state index contributed by atoms with van der Waals surface area (Å²) in [5.74, 6) is -1.57. The fraction of sp³-hybridized carbons (Fsp3) is 0.489. The van der Waals surface area contributed by atoms with E-state index < -0.39 is 41.3 Å². The number of aromatic nitrogens is 2. The van der Waals surface area contributed by atoms with Gasteiger partial charge in [-0.05, 0) is 104 Å². The minimum atomic E-state index is -1.07. The molecule has 5 heterocycles. The van der Waals surface area contributed by atoms with Gasteiger partial charge in [0, 0.05) is 68.2 Å². The molecule has 6 bridgehead atoms. The molecule has 5 atom stereocenters. The van der Waals surface area contributed by atoms with Gasteiger partial charge in [-0.2, -0.15) is 0 Å². The second-order valence-electron chi connectivity index (χ2n) is 17.0. The van der Waals surface area contributed by atoms with Crippen molar-refractivity contribution in [1.82, 2.24) is 30.2 Å². The molecule has 3 amide bonds. The van der Waals surface area contributed by atoms with E-state index in [0.29, 0.717) is 50.9 Å². The predicted molar refractivity (Wildman–Crippen MR) is 220 cm³/mol. The molecular formula is C45H56N6O7. The van der Waals surface area contributed by atoms with Crippen LogP contribution in [-0.2, 0) is 48.0 Å². The summed E-state index contributed by atoms with van der Waals surface area (Å²) >= 11 is 0. The fourth-order valence-electron chi connectivity index (χ4n) is 9.02. The first-order valence-corrected chi connectivity index (χ1v) is 20.5. The van der Waals surface area contributed by atoms with E-state index in [-0.39, 0.29) is 36.7 Å². The monoisotopic (exact) mass is 792 g/mol. The van der Waals surface area contributed by atoms with Crippen LogP contribution < -0.4 is 10.7 Å². The number of phenols is 1. The second kappa shape index (κ2) is 16.5. The lowest BCUT2D eigenvalue weighted by molar-refractivity contribution is -0.155. The Morgan fingerprint density at radius 2 is 1.90 bits per heavy atom. The number of phenolic OH excluding ortho intramolecular Hbond substituents is 1. The summed E-state index contributed by atoms with van der Waals surface area (Å²) in [5, 5.41) is 16.6. The topological polar surface area (TPSA) is 155 Å². The van der Waals surface area contributed by atoms with Crippen molar-refractivity contribution in [2.45, 2.75) is 104 Å². The summed E-state index contributed by atoms with van der Waals surface area (Å²) in [6.45, 7) is 13.2. The van der Waals surface area contributed by atoms with Crippen LogP contribution in [0.2, 0.25) is 0 Å². The summed E-state index contributed by atoms with van der Waals surface area (Å²) in [5.41, 5.74) is 9.75. The van der Waals surface area contributed by atoms with Crippen LogP contribution in [-0.4, -0.2) is 93.2 Å². The molecule has 4 unspecified atom stereocenters. The molecule has 0 radical (unpaired) electrons. The minimum absolute atomic E-state index is 0.0207. The van der Waals surface area contributed by atoms with Gasteiger partial charge >= 0.3 is 5.97 Å². The summed E-state index contributed by atoms with van der Waals surface area (Å²) in [7, 11) is 1.68. The van der Waals surface area contributed by atoms with Crippen LogP contribution in [0.25, 0.3) is 33.3 Å². The molecule has 58 heavy (non-hydrogen) atoms. The van der Waals surface area contributed by atoms with Crippen LogP contribution >= 0.6 is 0 Å². The number of cyclic esters (lactones) is 1. The van der Waals surface area contributed by atoms with Crippen molar-refractivity contribution in [2.75, 3.05) is 26.8 Å². The molecule has 2 fully saturated rings. The molecule has 7 rings (SSSR count). The average molecular weight is 793 g/mol. The van der Waals surface area contributed by atoms with Crippen LogP contribution in [0.4, 0.5) is 0 Å². The predicted octanol–water partition coefficient (Wildman–Crippen LogP) is 5.71. The fourth-order valence-corrected chi connectivity index (χ4v) is 9.02. The third kappa shape index (κ3) is 8.06. The highest BCUT2D eigenvalue weighted by molar-refractivity contribution is 5.96. The van der Waals surface area contributed by atoms with Crippen LogP contribution in [0, 0.1) is 11.3 Å². The van der Waals surface area contributed by atoms with Crippen LogP contribution in [0.15, 0.2) is 54.7 Å². The zero-order chi connectivity index (χ0) is 41.5. The van der Waals surface area contributed by atoms with Crippen molar-refractivity contribution < 1.29 is 33.8 Å². The van der Waals surface area contributed by atoms with Gasteiger partial charge in [0.15, 0.2) is 0 Å². The van der Waals surface area contributed by atoms with Crippen molar-refractivity contribution in [3.8, 4) is 28.1 Å². The first kappa shape index (κ1) is 40.9. The number of rotatable bonds is 6. The van der Waals surface area contributed by atoms with E-state index in [1.807, 2.05) is 32.0 Å². The maximum atomic E-state index is 14.4. The summed E-state index contributed by atoms with van der Waals surface area (Å²) < 4.78 is 14.2. The lowest BCUT2D eigenvalue weighted by Crippen LogP contribution is -2.61. The van der Waals surface area contributed by atoms with Crippen molar-refractivity contribution in [1.29, 1.82) is 0 Å². The highest BCUT2D eigenvalue weighted by Crippen LogP contribution is 2.42. The van der Waals surface area contributed by atoms with E-state index in [4.69, 9.17) is 14.5 Å². The highest BCUT2D eigenvalue weighted by Gasteiger charge is 2.41. The minimum Gasteiger partial charge on any atom is -0.508 e. The smallest absolute Gasteiger partial charge is 0.324 e. The molecule has 3 N–H and O–H groups in total. The standard InChI is InChI=1S/C45H56N6O7/c1-8-49-38-14-13-30-23-34(38)35(41(49)33-11-9-16-46-39(33)27(3)57-7)24-45(5,6)25-58-44(56)36-12-10-17-51(48-36)43(55)37(21-29-19-31(30)22-32(53)20-29)47-42(54)40-26(2)15-18-50(40)28(4)52/h9,11,13-14,16,19-20,22-23,26-27,36-37,40,48,53H,8,10,12,15,17-18,21,24-25H2,1-7H3,(H,47,54)/t26?,27?,36-,37?,40?/m0/s1. The Hall–Kier alpha value is -5.27. The average Bonchev–Trinajstić information content (AvgIpc) is 3.75. The number of pyridine rings is 1. The number of hydrogen-bond donors (Lipinski definition) is 3. The van der Waals surface area contributed by atoms with Gasteiger partial charge < -0.3 is 29.4 Å². The Labute approximate surface area is 340 Å². The maximum absolute atomic E-state index is 14.4. The van der Waals surface area contributed by atoms with E-state index >= 15 is 0 Å². The van der Waals surface area contributed by atoms with Crippen molar-refractivity contribution in [3.05, 3.63) is 71.5 Å². The number of aromatic hydroxyl groups is 1. The molecular weight excluding hydrogens is 737 g/mol. The molecule has 0 saturated carbocycles. The van der Waals surface area contributed by atoms with E-state index in [1.165, 1.54) is 11.9 Å². The van der Waals surface area contributed by atoms with Gasteiger partial charge in [-0.3, -0.25) is 29.2 Å². The lowest BCUT2D eigenvalue weighted by atomic mass is 9.84. The van der Waals surface area contributed by atoms with Crippen molar-refractivity contribution in [3.63, 3.8) is 0 Å². The number of carbonyl (C=O) groups excluding carboxylic acids is 4. The molecule has 0 spiro atoms. The number of nitrogens with zero attached hydrogens (tertiary/aromatic N) is 4. The Morgan fingerprint density at radius 1 is 1.10 bits per heavy atom. The Kier molecular flexibility index (Phi) is 11.7. The Morgan fingerprint density at radius 3 is 2.64 bits per heavy atom. The first-order chi connectivity index (χ1) is 27.7. The van der Waals surface area contributed by atoms with E-state index in [9.17, 15) is 24.3 Å². The number of nitrogens with one attached hydrogen (secondary N) is 2. The summed E-state index contributed by atoms with van der Waals surface area (Å²) in [6, 6.07) is 13.0. The number of likely N-dealkylation sites (tertiary alicyclic amines) is 1. The number of methoxy groups -OCH3 is 1. The number of esters is 1. The molecule has 3 aliphatic rings. The Bertz CT molecular complexity index is 2230. The number of amides is 3. The van der Waals surface area contributed by atoms with Gasteiger partial charge in [-0.15, -0.1) is 0 Å². The molecule has 3 aliphatic heterocycles. The molecule has 2 aromatic heterocycles. The maximum Gasteiger partial charge on any atom is 0.324 e. The van der Waals surface area contributed by atoms with E-state index in [1.54, 1.807) is 30.3 Å². The van der Waals surface area contributed by atoms with E-state index in [0.717, 1.165) is 44.5 Å². The first-order valence-electron chi connectivity index (χ1n) is 20.5. The van der Waals surface area contributed by atoms with Gasteiger partial charge in [0.05, 0.1) is 24.1 Å². The SMILES string of the molecule is CCn1c(-c2cccnc2C(C)OC)c2c3cc(ccc31)-c1cc(O)cc(c1)CC(NC(=O)C1C(C)CCN1C(C)=O)C(=O)N1CCC[C@H](N1)C(=O)OCC(C)(C)C2. The van der Waals surface area contributed by atoms with Gasteiger partial charge in [0.2, 0.25) is 11.8 Å². The molecule has 0 aliphatic carbocycles. The number of aryl methyl sites for hydroxylation is 1. The number of ether oxygens (including phenoxy) is 2. The van der Waals surface area contributed by atoms with E-state index in [2.05, 4.69) is 54.3 Å². The van der Waals surface area contributed by atoms with Crippen molar-refractivity contribution in [2.24, 2.45) is 11.3 Å². The molecule has 2 saturated heterocycles. The largest absolute Gasteiger partial charge is 0.508 e. The molecule has 2 aromatic carbocycles. The molecule has 4 aromatic rings. The van der Waals surface area contributed by atoms with Crippen molar-refractivity contribution >= 4 is 34.6 Å². The van der Waals surface area contributed by atoms with Crippen LogP contribution in [0.3, 0.4) is 0 Å². The van der Waals surface area contributed by atoms with Gasteiger partial charge in [-0.1, -0.05) is 32.9 Å². The third-order valence-corrected chi connectivity index (χ3v) is 12.1. The number of hydrazine groups is 1. The van der Waals surface area contributed by atoms with Gasteiger partial charge in [-0.25, -0.2) is 5.43 Å². The zero-order valence-electron chi connectivity index (χ0n) is 34.6.